The van der Waals surface area contributed by atoms with Crippen LogP contribution in [0.1, 0.15) is 49.8 Å². The van der Waals surface area contributed by atoms with Gasteiger partial charge in [0.25, 0.3) is 0 Å². The minimum absolute atomic E-state index is 0.147. The van der Waals surface area contributed by atoms with E-state index in [-0.39, 0.29) is 11.9 Å². The number of likely N-dealkylation sites (tertiary alicyclic amines) is 1. The minimum Gasteiger partial charge on any atom is -0.388 e. The molecule has 0 bridgehead atoms. The molecule has 9 nitrogen and oxygen atoms in total. The van der Waals surface area contributed by atoms with Gasteiger partial charge in [-0.1, -0.05) is 104 Å². The molecule has 3 aromatic carbocycles. The molecule has 1 aromatic heterocycles. The van der Waals surface area contributed by atoms with Gasteiger partial charge in [0, 0.05) is 29.5 Å². The van der Waals surface area contributed by atoms with Crippen LogP contribution in [-0.4, -0.2) is 103 Å². The van der Waals surface area contributed by atoms with Gasteiger partial charge in [-0.3, -0.25) is 9.69 Å². The summed E-state index contributed by atoms with van der Waals surface area (Å²) < 4.78 is 7.92. The first-order chi connectivity index (χ1) is 25.0. The molecule has 0 spiro atoms. The Kier molecular flexibility index (Phi) is 14.2. The number of aliphatic hydroxyl groups is 3. The van der Waals surface area contributed by atoms with Gasteiger partial charge in [-0.2, -0.15) is 0 Å². The van der Waals surface area contributed by atoms with Crippen molar-refractivity contribution in [2.45, 2.75) is 86.0 Å². The van der Waals surface area contributed by atoms with Crippen molar-refractivity contribution in [3.05, 3.63) is 125 Å². The highest BCUT2D eigenvalue weighted by atomic mass is 35.5. The summed E-state index contributed by atoms with van der Waals surface area (Å²) in [4.78, 5) is 19.3. The van der Waals surface area contributed by atoms with E-state index in [1.165, 1.54) is 11.8 Å². The molecular weight excluding hydrogens is 719 g/mol. The maximum absolute atomic E-state index is 12.9. The standard InChI is InChI=1S/C22H17ClN2.C18H33ClN2O5S/c23-21-14-8-7-13-20(21)22(25-16-15-24-17-25,18-9-3-1-4-10-18)19-11-5-2-6-12-19;1-5-6-10-7-11(21(3)8-10)17(25)20-12(9(2)19)16-14(23)13(22)15(24)18(26-16)27-4/h1-17H;9-16,18,22-24H,5-8H2,1-4H3,(H,20,25)/t;9-,10+,11-,12+,13-,14+,15+,16+,18+/m.0/s1. The van der Waals surface area contributed by atoms with Crippen molar-refractivity contribution in [1.82, 2.24) is 19.8 Å². The zero-order chi connectivity index (χ0) is 37.4. The first kappa shape index (κ1) is 40.3. The van der Waals surface area contributed by atoms with Crippen molar-refractivity contribution in [3.63, 3.8) is 0 Å². The van der Waals surface area contributed by atoms with Crippen LogP contribution in [0.15, 0.2) is 104 Å². The van der Waals surface area contributed by atoms with Crippen molar-refractivity contribution >= 4 is 40.9 Å². The molecule has 2 aliphatic rings. The number of alkyl halides is 1. The molecule has 2 saturated heterocycles. The second-order valence-corrected chi connectivity index (χ2v) is 15.7. The van der Waals surface area contributed by atoms with Crippen LogP contribution >= 0.6 is 35.0 Å². The topological polar surface area (TPSA) is 120 Å². The lowest BCUT2D eigenvalue weighted by Gasteiger charge is -2.44. The van der Waals surface area contributed by atoms with Crippen LogP contribution < -0.4 is 5.32 Å². The molecule has 52 heavy (non-hydrogen) atoms. The Morgan fingerprint density at radius 3 is 2.15 bits per heavy atom. The molecule has 0 unspecified atom stereocenters. The number of nitrogens with one attached hydrogen (secondary N) is 1. The summed E-state index contributed by atoms with van der Waals surface area (Å²) in [6, 6.07) is 27.9. The number of imidazole rings is 1. The number of aromatic nitrogens is 2. The van der Waals surface area contributed by atoms with E-state index in [0.29, 0.717) is 5.92 Å². The van der Waals surface area contributed by atoms with Gasteiger partial charge in [-0.15, -0.1) is 23.4 Å². The summed E-state index contributed by atoms with van der Waals surface area (Å²) >= 11 is 14.2. The van der Waals surface area contributed by atoms with Crippen molar-refractivity contribution in [2.75, 3.05) is 19.8 Å². The summed E-state index contributed by atoms with van der Waals surface area (Å²) in [7, 11) is 1.94. The Balaban J connectivity index is 0.000000201. The normalized spacial score (nSPS) is 26.2. The van der Waals surface area contributed by atoms with Gasteiger partial charge < -0.3 is 29.9 Å². The average molecular weight is 770 g/mol. The van der Waals surface area contributed by atoms with Crippen molar-refractivity contribution in [2.24, 2.45) is 5.92 Å². The van der Waals surface area contributed by atoms with Crippen LogP contribution in [0.4, 0.5) is 0 Å². The van der Waals surface area contributed by atoms with Crippen LogP contribution in [-0.2, 0) is 15.1 Å². The monoisotopic (exact) mass is 768 g/mol. The van der Waals surface area contributed by atoms with Gasteiger partial charge in [-0.05, 0) is 56.2 Å². The molecule has 280 valence electrons. The number of aliphatic hydroxyl groups excluding tert-OH is 3. The quantitative estimate of drug-likeness (QED) is 0.112. The molecule has 3 heterocycles. The Labute approximate surface area is 321 Å². The highest BCUT2D eigenvalue weighted by Gasteiger charge is 2.48. The molecule has 0 aliphatic carbocycles. The number of carbonyl (C=O) groups excluding carboxylic acids is 1. The summed E-state index contributed by atoms with van der Waals surface area (Å²) in [6.45, 7) is 4.74. The fraction of sp³-hybridized carbons (Fsp3) is 0.450. The van der Waals surface area contributed by atoms with E-state index in [9.17, 15) is 20.1 Å². The molecule has 6 rings (SSSR count). The van der Waals surface area contributed by atoms with Crippen LogP contribution in [0.3, 0.4) is 0 Å². The second-order valence-electron chi connectivity index (χ2n) is 13.6. The maximum Gasteiger partial charge on any atom is 0.237 e. The van der Waals surface area contributed by atoms with Gasteiger partial charge in [0.1, 0.15) is 35.4 Å². The second kappa shape index (κ2) is 18.4. The Bertz CT molecular complexity index is 1640. The number of hydrogen-bond donors (Lipinski definition) is 4. The minimum atomic E-state index is -1.36. The fourth-order valence-electron chi connectivity index (χ4n) is 7.60. The maximum atomic E-state index is 12.9. The molecule has 4 N–H and O–H groups in total. The molecule has 4 aromatic rings. The smallest absolute Gasteiger partial charge is 0.237 e. The third-order valence-corrected chi connectivity index (χ3v) is 11.6. The van der Waals surface area contributed by atoms with Crippen LogP contribution in [0.2, 0.25) is 5.02 Å². The number of nitrogens with zero attached hydrogens (tertiary/aromatic N) is 3. The number of carbonyl (C=O) groups is 1. The zero-order valence-corrected chi connectivity index (χ0v) is 32.3. The largest absolute Gasteiger partial charge is 0.388 e. The highest BCUT2D eigenvalue weighted by Crippen LogP contribution is 2.43. The van der Waals surface area contributed by atoms with Gasteiger partial charge >= 0.3 is 0 Å². The van der Waals surface area contributed by atoms with Gasteiger partial charge in [0.05, 0.1) is 23.8 Å². The summed E-state index contributed by atoms with van der Waals surface area (Å²) in [6.07, 6.45) is 5.55. The fourth-order valence-corrected chi connectivity index (χ4v) is 8.76. The number of amides is 1. The van der Waals surface area contributed by atoms with Crippen LogP contribution in [0.25, 0.3) is 0 Å². The van der Waals surface area contributed by atoms with E-state index < -0.39 is 46.8 Å². The Morgan fingerprint density at radius 1 is 1.00 bits per heavy atom. The first-order valence-electron chi connectivity index (χ1n) is 17.8. The number of rotatable bonds is 11. The van der Waals surface area contributed by atoms with Gasteiger partial charge in [0.2, 0.25) is 5.91 Å². The lowest BCUT2D eigenvalue weighted by atomic mass is 9.76. The summed E-state index contributed by atoms with van der Waals surface area (Å²) in [5, 5.41) is 33.8. The molecule has 9 atom stereocenters. The third kappa shape index (κ3) is 8.55. The molecule has 0 saturated carbocycles. The first-order valence-corrected chi connectivity index (χ1v) is 19.9. The number of likely N-dealkylation sites (N-methyl/N-ethyl adjacent to an activating group) is 1. The van der Waals surface area contributed by atoms with E-state index in [0.717, 1.165) is 47.5 Å². The number of thioether (sulfide) groups is 1. The Hall–Kier alpha value is -2.93. The number of benzene rings is 3. The zero-order valence-electron chi connectivity index (χ0n) is 30.0. The van der Waals surface area contributed by atoms with Gasteiger partial charge in [0.15, 0.2) is 0 Å². The van der Waals surface area contributed by atoms with Crippen LogP contribution in [0.5, 0.6) is 0 Å². The molecule has 0 radical (unpaired) electrons. The molecule has 2 aliphatic heterocycles. The van der Waals surface area contributed by atoms with Crippen molar-refractivity contribution < 1.29 is 24.9 Å². The molecule has 12 heteroatoms. The number of ether oxygens (including phenoxy) is 1. The summed E-state index contributed by atoms with van der Waals surface area (Å²) in [5.74, 6) is 0.350. The van der Waals surface area contributed by atoms with E-state index in [1.54, 1.807) is 19.4 Å². The lowest BCUT2D eigenvalue weighted by Crippen LogP contribution is -2.65. The van der Waals surface area contributed by atoms with Crippen LogP contribution in [0, 0.1) is 5.92 Å². The van der Waals surface area contributed by atoms with E-state index in [2.05, 4.69) is 76.4 Å². The molecular formula is C40H50Cl2N4O5S. The highest BCUT2D eigenvalue weighted by molar-refractivity contribution is 7.99. The van der Waals surface area contributed by atoms with E-state index in [1.807, 2.05) is 54.8 Å². The van der Waals surface area contributed by atoms with Gasteiger partial charge in [-0.25, -0.2) is 4.98 Å². The third-order valence-electron chi connectivity index (χ3n) is 10.2. The number of halogens is 2. The lowest BCUT2D eigenvalue weighted by molar-refractivity contribution is -0.205. The van der Waals surface area contributed by atoms with Crippen molar-refractivity contribution in [1.29, 1.82) is 0 Å². The van der Waals surface area contributed by atoms with E-state index in [4.69, 9.17) is 27.9 Å². The Morgan fingerprint density at radius 2 is 1.62 bits per heavy atom. The molecule has 2 fully saturated rings. The predicted octanol–water partition coefficient (Wildman–Crippen LogP) is 5.77. The molecule has 1 amide bonds. The van der Waals surface area contributed by atoms with E-state index >= 15 is 0 Å². The average Bonchev–Trinajstić information content (AvgIpc) is 3.83. The SMILES string of the molecule is CCC[C@@H]1C[C@@H](C(=O)N[C@@H]([C@H]2O[C@H](SC)[C@H](O)[C@@H](O)[C@H]2O)[C@H](C)Cl)N(C)C1.Clc1ccccc1C(c1ccccc1)(c1ccccc1)n1ccnc1. The van der Waals surface area contributed by atoms with Crippen molar-refractivity contribution in [3.8, 4) is 0 Å². The number of hydrogen-bond acceptors (Lipinski definition) is 8. The summed E-state index contributed by atoms with van der Waals surface area (Å²) in [5.41, 5.74) is 2.00. The predicted molar refractivity (Wildman–Crippen MR) is 209 cm³/mol.